The predicted octanol–water partition coefficient (Wildman–Crippen LogP) is 3.03. The number of rotatable bonds is 6. The summed E-state index contributed by atoms with van der Waals surface area (Å²) in [6.07, 6.45) is 0. The molecule has 2 aromatic rings. The van der Waals surface area contributed by atoms with Crippen LogP contribution in [-0.4, -0.2) is 53.8 Å². The van der Waals surface area contributed by atoms with Crippen LogP contribution in [0.15, 0.2) is 53.1 Å². The van der Waals surface area contributed by atoms with Crippen molar-refractivity contribution in [2.75, 3.05) is 27.2 Å². The number of carbonyl (C=O) groups excluding carboxylic acids is 2. The molecule has 0 spiro atoms. The number of hydrogen-bond acceptors (Lipinski definition) is 5. The largest absolute Gasteiger partial charge is 0.503 e. The summed E-state index contributed by atoms with van der Waals surface area (Å²) in [6, 6.07) is 8.30. The maximum Gasteiger partial charge on any atom is 0.290 e. The molecule has 0 saturated heterocycles. The normalized spacial score (nSPS) is 17.5. The van der Waals surface area contributed by atoms with Crippen molar-refractivity contribution in [3.05, 3.63) is 69.4 Å². The highest BCUT2D eigenvalue weighted by atomic mass is 32.1. The fourth-order valence-electron chi connectivity index (χ4n) is 2.96. The van der Waals surface area contributed by atoms with Crippen LogP contribution in [0.4, 0.5) is 4.39 Å². The van der Waals surface area contributed by atoms with Gasteiger partial charge in [0.2, 0.25) is 5.78 Å². The zero-order valence-electron chi connectivity index (χ0n) is 14.5. The van der Waals surface area contributed by atoms with Crippen LogP contribution >= 0.6 is 11.3 Å². The Morgan fingerprint density at radius 1 is 1.27 bits per heavy atom. The van der Waals surface area contributed by atoms with Crippen LogP contribution in [0.1, 0.15) is 21.3 Å². The summed E-state index contributed by atoms with van der Waals surface area (Å²) >= 11 is 1.25. The fourth-order valence-corrected chi connectivity index (χ4v) is 3.63. The quantitative estimate of drug-likeness (QED) is 0.790. The third kappa shape index (κ3) is 3.40. The highest BCUT2D eigenvalue weighted by molar-refractivity contribution is 7.12. The van der Waals surface area contributed by atoms with Crippen molar-refractivity contribution in [3.8, 4) is 0 Å². The second-order valence-corrected chi connectivity index (χ2v) is 7.27. The molecule has 7 heteroatoms. The molecule has 0 unspecified atom stereocenters. The van der Waals surface area contributed by atoms with Gasteiger partial charge >= 0.3 is 0 Å². The number of Topliss-reactive ketones (excluding diaryl/α,β-unsaturated/α-hetero) is 1. The number of halogens is 1. The molecular weight excluding hydrogens is 355 g/mol. The van der Waals surface area contributed by atoms with Gasteiger partial charge in [-0.1, -0.05) is 18.2 Å². The smallest absolute Gasteiger partial charge is 0.290 e. The lowest BCUT2D eigenvalue weighted by molar-refractivity contribution is -0.129. The monoisotopic (exact) mass is 374 g/mol. The zero-order chi connectivity index (χ0) is 18.8. The third-order valence-electron chi connectivity index (χ3n) is 4.27. The van der Waals surface area contributed by atoms with Gasteiger partial charge in [-0.3, -0.25) is 9.59 Å². The Balaban J connectivity index is 2.05. The van der Waals surface area contributed by atoms with Gasteiger partial charge in [-0.2, -0.15) is 0 Å². The number of aliphatic hydroxyl groups is 1. The molecule has 0 bridgehead atoms. The number of aliphatic hydroxyl groups excluding tert-OH is 1. The first kappa shape index (κ1) is 18.3. The van der Waals surface area contributed by atoms with Crippen molar-refractivity contribution < 1.29 is 19.1 Å². The summed E-state index contributed by atoms with van der Waals surface area (Å²) in [6.45, 7) is 0.899. The molecule has 2 heterocycles. The molecular formula is C19H19FN2O3S. The summed E-state index contributed by atoms with van der Waals surface area (Å²) < 4.78 is 13.3. The summed E-state index contributed by atoms with van der Waals surface area (Å²) in [4.78, 5) is 29.4. The maximum absolute atomic E-state index is 13.3. The lowest BCUT2D eigenvalue weighted by Gasteiger charge is -2.28. The van der Waals surface area contributed by atoms with Crippen LogP contribution in [0.3, 0.4) is 0 Å². The summed E-state index contributed by atoms with van der Waals surface area (Å²) in [5.74, 6) is -1.90. The average Bonchev–Trinajstić information content (AvgIpc) is 3.22. The molecule has 3 rings (SSSR count). The van der Waals surface area contributed by atoms with Crippen LogP contribution < -0.4 is 0 Å². The number of thiophene rings is 1. The SMILES string of the molecule is CN(C)CCN1C(=O)C(O)=C(C(=O)c2cccs2)[C@H]1c1ccc(F)cc1. The molecule has 0 aliphatic carbocycles. The Labute approximate surface area is 155 Å². The van der Waals surface area contributed by atoms with Crippen LogP contribution in [-0.2, 0) is 4.79 Å². The van der Waals surface area contributed by atoms with Crippen molar-refractivity contribution >= 4 is 23.0 Å². The number of benzene rings is 1. The van der Waals surface area contributed by atoms with Crippen molar-refractivity contribution in [3.63, 3.8) is 0 Å². The first-order chi connectivity index (χ1) is 12.4. The van der Waals surface area contributed by atoms with Crippen LogP contribution in [0, 0.1) is 5.82 Å². The molecule has 5 nitrogen and oxygen atoms in total. The Hall–Kier alpha value is -2.51. The minimum Gasteiger partial charge on any atom is -0.503 e. The lowest BCUT2D eigenvalue weighted by Crippen LogP contribution is -2.36. The lowest BCUT2D eigenvalue weighted by atomic mass is 9.95. The number of likely N-dealkylation sites (N-methyl/N-ethyl adjacent to an activating group) is 1. The van der Waals surface area contributed by atoms with Crippen LogP contribution in [0.2, 0.25) is 0 Å². The molecule has 0 saturated carbocycles. The number of nitrogens with zero attached hydrogens (tertiary/aromatic N) is 2. The number of carbonyl (C=O) groups is 2. The van der Waals surface area contributed by atoms with E-state index in [1.54, 1.807) is 17.5 Å². The summed E-state index contributed by atoms with van der Waals surface area (Å²) in [7, 11) is 3.75. The van der Waals surface area contributed by atoms with E-state index < -0.39 is 23.5 Å². The Bertz CT molecular complexity index is 844. The minimum atomic E-state index is -0.738. The molecule has 1 N–H and O–H groups in total. The zero-order valence-corrected chi connectivity index (χ0v) is 15.3. The predicted molar refractivity (Wildman–Crippen MR) is 97.7 cm³/mol. The molecule has 26 heavy (non-hydrogen) atoms. The molecule has 1 aromatic carbocycles. The average molecular weight is 374 g/mol. The number of hydrogen-bond donors (Lipinski definition) is 1. The maximum atomic E-state index is 13.3. The van der Waals surface area contributed by atoms with Crippen molar-refractivity contribution in [2.24, 2.45) is 0 Å². The van der Waals surface area contributed by atoms with Crippen LogP contribution in [0.25, 0.3) is 0 Å². The van der Waals surface area contributed by atoms with Crippen molar-refractivity contribution in [1.82, 2.24) is 9.80 Å². The van der Waals surface area contributed by atoms with Gasteiger partial charge in [-0.15, -0.1) is 11.3 Å². The highest BCUT2D eigenvalue weighted by Crippen LogP contribution is 2.39. The Kier molecular flexibility index (Phi) is 5.20. The molecule has 1 aliphatic rings. The highest BCUT2D eigenvalue weighted by Gasteiger charge is 2.43. The van der Waals surface area contributed by atoms with E-state index in [0.29, 0.717) is 23.5 Å². The second-order valence-electron chi connectivity index (χ2n) is 6.32. The van der Waals surface area contributed by atoms with Gasteiger partial charge in [0.15, 0.2) is 5.76 Å². The number of amides is 1. The van der Waals surface area contributed by atoms with Gasteiger partial charge in [-0.25, -0.2) is 4.39 Å². The molecule has 1 aromatic heterocycles. The molecule has 0 fully saturated rings. The Morgan fingerprint density at radius 2 is 1.96 bits per heavy atom. The van der Waals surface area contributed by atoms with E-state index in [9.17, 15) is 19.1 Å². The summed E-state index contributed by atoms with van der Waals surface area (Å²) in [5.41, 5.74) is 0.630. The first-order valence-corrected chi connectivity index (χ1v) is 9.00. The second kappa shape index (κ2) is 7.39. The molecule has 136 valence electrons. The van der Waals surface area contributed by atoms with Crippen molar-refractivity contribution in [1.29, 1.82) is 0 Å². The van der Waals surface area contributed by atoms with Gasteiger partial charge in [0.05, 0.1) is 16.5 Å². The van der Waals surface area contributed by atoms with Crippen LogP contribution in [0.5, 0.6) is 0 Å². The molecule has 1 aliphatic heterocycles. The van der Waals surface area contributed by atoms with Gasteiger partial charge in [0, 0.05) is 13.1 Å². The van der Waals surface area contributed by atoms with E-state index in [-0.39, 0.29) is 11.4 Å². The summed E-state index contributed by atoms with van der Waals surface area (Å²) in [5, 5.41) is 12.2. The fraction of sp³-hybridized carbons (Fsp3) is 0.263. The minimum absolute atomic E-state index is 0.0443. The molecule has 1 amide bonds. The molecule has 1 atom stereocenters. The van der Waals surface area contributed by atoms with E-state index in [2.05, 4.69) is 0 Å². The van der Waals surface area contributed by atoms with Gasteiger partial charge in [0.1, 0.15) is 5.82 Å². The Morgan fingerprint density at radius 3 is 2.54 bits per heavy atom. The third-order valence-corrected chi connectivity index (χ3v) is 5.14. The van der Waals surface area contributed by atoms with Gasteiger partial charge in [0.25, 0.3) is 5.91 Å². The van der Waals surface area contributed by atoms with Gasteiger partial charge < -0.3 is 14.9 Å². The van der Waals surface area contributed by atoms with Crippen molar-refractivity contribution in [2.45, 2.75) is 6.04 Å². The van der Waals surface area contributed by atoms with E-state index >= 15 is 0 Å². The van der Waals surface area contributed by atoms with E-state index in [4.69, 9.17) is 0 Å². The van der Waals surface area contributed by atoms with E-state index in [1.807, 2.05) is 19.0 Å². The topological polar surface area (TPSA) is 60.9 Å². The first-order valence-electron chi connectivity index (χ1n) is 8.12. The van der Waals surface area contributed by atoms with E-state index in [0.717, 1.165) is 0 Å². The number of ketones is 1. The van der Waals surface area contributed by atoms with Gasteiger partial charge in [-0.05, 0) is 43.2 Å². The molecule has 0 radical (unpaired) electrons. The van der Waals surface area contributed by atoms with E-state index in [1.165, 1.54) is 40.5 Å². The standard InChI is InChI=1S/C19H19FN2O3S/c1-21(2)9-10-22-16(12-5-7-13(20)8-6-12)15(18(24)19(22)25)17(23)14-4-3-11-26-14/h3-8,11,16,24H,9-10H2,1-2H3/t16-/m1/s1.